The van der Waals surface area contributed by atoms with Crippen molar-refractivity contribution in [2.75, 3.05) is 11.9 Å². The summed E-state index contributed by atoms with van der Waals surface area (Å²) in [6, 6.07) is 17.8. The maximum Gasteiger partial charge on any atom is 0.162 e. The molecule has 0 saturated carbocycles. The summed E-state index contributed by atoms with van der Waals surface area (Å²) in [5, 5.41) is 4.40. The van der Waals surface area contributed by atoms with Crippen molar-refractivity contribution in [3.63, 3.8) is 0 Å². The maximum atomic E-state index is 11.0. The van der Waals surface area contributed by atoms with Gasteiger partial charge in [0.05, 0.1) is 5.52 Å². The van der Waals surface area contributed by atoms with Crippen LogP contribution in [0.25, 0.3) is 28.0 Å². The van der Waals surface area contributed by atoms with E-state index < -0.39 is 0 Å². The van der Waals surface area contributed by atoms with Crippen LogP contribution in [0.4, 0.5) is 5.82 Å². The molecule has 1 N–H and O–H groups in total. The Hall–Kier alpha value is -3.47. The van der Waals surface area contributed by atoms with E-state index in [-0.39, 0.29) is 0 Å². The predicted octanol–water partition coefficient (Wildman–Crippen LogP) is 4.72. The van der Waals surface area contributed by atoms with Crippen LogP contribution in [0.3, 0.4) is 0 Å². The number of aldehydes is 1. The van der Waals surface area contributed by atoms with E-state index >= 15 is 0 Å². The molecule has 2 aromatic carbocycles. The first kappa shape index (κ1) is 17.0. The SMILES string of the molecule is CCCNc1nc(-c2ccccc2)nc2cc(-n3ccc(C=O)c3)ccc12. The van der Waals surface area contributed by atoms with Gasteiger partial charge in [-0.15, -0.1) is 0 Å². The number of anilines is 1. The number of nitrogens with one attached hydrogen (secondary N) is 1. The van der Waals surface area contributed by atoms with Crippen LogP contribution in [-0.4, -0.2) is 27.4 Å². The van der Waals surface area contributed by atoms with Crippen molar-refractivity contribution in [2.45, 2.75) is 13.3 Å². The van der Waals surface area contributed by atoms with Crippen molar-refractivity contribution >= 4 is 23.0 Å². The van der Waals surface area contributed by atoms with Gasteiger partial charge in [-0.25, -0.2) is 9.97 Å². The van der Waals surface area contributed by atoms with Gasteiger partial charge in [0.1, 0.15) is 5.82 Å². The van der Waals surface area contributed by atoms with Crippen molar-refractivity contribution in [2.24, 2.45) is 0 Å². The average molecular weight is 356 g/mol. The normalized spacial score (nSPS) is 10.9. The minimum atomic E-state index is 0.646. The van der Waals surface area contributed by atoms with Crippen LogP contribution in [0.15, 0.2) is 67.0 Å². The highest BCUT2D eigenvalue weighted by Crippen LogP contribution is 2.27. The molecule has 0 bridgehead atoms. The molecule has 27 heavy (non-hydrogen) atoms. The number of fused-ring (bicyclic) bond motifs is 1. The topological polar surface area (TPSA) is 59.8 Å². The van der Waals surface area contributed by atoms with E-state index in [0.29, 0.717) is 11.4 Å². The summed E-state index contributed by atoms with van der Waals surface area (Å²) in [5.74, 6) is 1.54. The number of nitrogens with zero attached hydrogens (tertiary/aromatic N) is 3. The van der Waals surface area contributed by atoms with Crippen molar-refractivity contribution < 1.29 is 4.79 Å². The van der Waals surface area contributed by atoms with Crippen LogP contribution in [0.5, 0.6) is 0 Å². The molecule has 0 saturated heterocycles. The smallest absolute Gasteiger partial charge is 0.162 e. The van der Waals surface area contributed by atoms with Crippen LogP contribution in [0, 0.1) is 0 Å². The second-order valence-corrected chi connectivity index (χ2v) is 6.36. The van der Waals surface area contributed by atoms with Crippen molar-refractivity contribution in [3.8, 4) is 17.1 Å². The van der Waals surface area contributed by atoms with Gasteiger partial charge in [-0.3, -0.25) is 4.79 Å². The lowest BCUT2D eigenvalue weighted by Gasteiger charge is -2.12. The van der Waals surface area contributed by atoms with Gasteiger partial charge in [0, 0.05) is 41.1 Å². The number of rotatable bonds is 6. The molecule has 4 aromatic rings. The number of carbonyl (C=O) groups is 1. The van der Waals surface area contributed by atoms with Crippen LogP contribution in [0.2, 0.25) is 0 Å². The van der Waals surface area contributed by atoms with Gasteiger partial charge in [-0.05, 0) is 30.7 Å². The first-order chi connectivity index (χ1) is 13.3. The minimum Gasteiger partial charge on any atom is -0.369 e. The van der Waals surface area contributed by atoms with E-state index in [1.54, 1.807) is 6.07 Å². The fourth-order valence-electron chi connectivity index (χ4n) is 3.02. The summed E-state index contributed by atoms with van der Waals surface area (Å²) in [5.41, 5.74) is 3.44. The molecule has 0 unspecified atom stereocenters. The lowest BCUT2D eigenvalue weighted by molar-refractivity contribution is 0.112. The molecule has 2 heterocycles. The van der Waals surface area contributed by atoms with Gasteiger partial charge in [0.2, 0.25) is 0 Å². The highest BCUT2D eigenvalue weighted by atomic mass is 16.1. The molecule has 0 spiro atoms. The van der Waals surface area contributed by atoms with E-state index in [4.69, 9.17) is 9.97 Å². The van der Waals surface area contributed by atoms with E-state index in [1.807, 2.05) is 65.5 Å². The Kier molecular flexibility index (Phi) is 4.66. The van der Waals surface area contributed by atoms with Crippen molar-refractivity contribution in [1.82, 2.24) is 14.5 Å². The Bertz CT molecular complexity index is 1090. The monoisotopic (exact) mass is 356 g/mol. The molecule has 0 amide bonds. The summed E-state index contributed by atoms with van der Waals surface area (Å²) in [6.07, 6.45) is 5.55. The van der Waals surface area contributed by atoms with E-state index in [1.165, 1.54) is 0 Å². The number of aromatic nitrogens is 3. The summed E-state index contributed by atoms with van der Waals surface area (Å²) >= 11 is 0. The quantitative estimate of drug-likeness (QED) is 0.508. The van der Waals surface area contributed by atoms with E-state index in [2.05, 4.69) is 12.2 Å². The number of hydrogen-bond donors (Lipinski definition) is 1. The molecule has 0 aliphatic carbocycles. The standard InChI is InChI=1S/C22H20N4O/c1-2-11-23-22-19-9-8-18(26-12-10-16(14-26)15-27)13-20(19)24-21(25-22)17-6-4-3-5-7-17/h3-10,12-15H,2,11H2,1H3,(H,23,24,25). The first-order valence-corrected chi connectivity index (χ1v) is 9.03. The van der Waals surface area contributed by atoms with Gasteiger partial charge < -0.3 is 9.88 Å². The Morgan fingerprint density at radius 3 is 2.67 bits per heavy atom. The average Bonchev–Trinajstić information content (AvgIpc) is 3.21. The number of carbonyl (C=O) groups excluding carboxylic acids is 1. The number of benzene rings is 2. The Balaban J connectivity index is 1.86. The predicted molar refractivity (Wildman–Crippen MR) is 108 cm³/mol. The van der Waals surface area contributed by atoms with E-state index in [0.717, 1.165) is 47.2 Å². The van der Waals surface area contributed by atoms with Gasteiger partial charge >= 0.3 is 0 Å². The second-order valence-electron chi connectivity index (χ2n) is 6.36. The lowest BCUT2D eigenvalue weighted by atomic mass is 10.1. The van der Waals surface area contributed by atoms with Crippen LogP contribution in [-0.2, 0) is 0 Å². The molecular formula is C22H20N4O. The molecule has 4 rings (SSSR count). The molecular weight excluding hydrogens is 336 g/mol. The summed E-state index contributed by atoms with van der Waals surface area (Å²) < 4.78 is 1.92. The third-order valence-electron chi connectivity index (χ3n) is 4.40. The second kappa shape index (κ2) is 7.41. The molecule has 5 nitrogen and oxygen atoms in total. The fraction of sp³-hybridized carbons (Fsp3) is 0.136. The highest BCUT2D eigenvalue weighted by molar-refractivity contribution is 5.92. The molecule has 5 heteroatoms. The van der Waals surface area contributed by atoms with Crippen molar-refractivity contribution in [3.05, 3.63) is 72.6 Å². The van der Waals surface area contributed by atoms with Crippen molar-refractivity contribution in [1.29, 1.82) is 0 Å². The van der Waals surface area contributed by atoms with Crippen LogP contribution >= 0.6 is 0 Å². The highest BCUT2D eigenvalue weighted by Gasteiger charge is 2.10. The zero-order chi connectivity index (χ0) is 18.6. The third kappa shape index (κ3) is 3.44. The summed E-state index contributed by atoms with van der Waals surface area (Å²) in [7, 11) is 0. The zero-order valence-corrected chi connectivity index (χ0v) is 15.1. The molecule has 0 aliphatic rings. The Morgan fingerprint density at radius 1 is 1.07 bits per heavy atom. The Labute approximate surface area is 157 Å². The zero-order valence-electron chi connectivity index (χ0n) is 15.1. The van der Waals surface area contributed by atoms with E-state index in [9.17, 15) is 4.79 Å². The third-order valence-corrected chi connectivity index (χ3v) is 4.40. The summed E-state index contributed by atoms with van der Waals surface area (Å²) in [4.78, 5) is 20.5. The molecule has 0 atom stereocenters. The maximum absolute atomic E-state index is 11.0. The fourth-order valence-corrected chi connectivity index (χ4v) is 3.02. The largest absolute Gasteiger partial charge is 0.369 e. The lowest BCUT2D eigenvalue weighted by Crippen LogP contribution is -2.05. The first-order valence-electron chi connectivity index (χ1n) is 9.03. The molecule has 0 radical (unpaired) electrons. The van der Waals surface area contributed by atoms with Crippen LogP contribution < -0.4 is 5.32 Å². The van der Waals surface area contributed by atoms with Gasteiger partial charge in [0.15, 0.2) is 12.1 Å². The number of hydrogen-bond acceptors (Lipinski definition) is 4. The van der Waals surface area contributed by atoms with Gasteiger partial charge in [-0.1, -0.05) is 37.3 Å². The van der Waals surface area contributed by atoms with Crippen LogP contribution in [0.1, 0.15) is 23.7 Å². The summed E-state index contributed by atoms with van der Waals surface area (Å²) in [6.45, 7) is 2.98. The molecule has 134 valence electrons. The minimum absolute atomic E-state index is 0.646. The van der Waals surface area contributed by atoms with Gasteiger partial charge in [0.25, 0.3) is 0 Å². The molecule has 2 aromatic heterocycles. The molecule has 0 fully saturated rings. The molecule has 0 aliphatic heterocycles. The van der Waals surface area contributed by atoms with Gasteiger partial charge in [-0.2, -0.15) is 0 Å². The Morgan fingerprint density at radius 2 is 1.93 bits per heavy atom.